The van der Waals surface area contributed by atoms with Gasteiger partial charge in [0.15, 0.2) is 0 Å². The highest BCUT2D eigenvalue weighted by Crippen LogP contribution is 2.25. The lowest BCUT2D eigenvalue weighted by atomic mass is 10.2. The van der Waals surface area contributed by atoms with Crippen LogP contribution in [0.5, 0.6) is 0 Å². The third kappa shape index (κ3) is 3.48. The molecule has 23 heavy (non-hydrogen) atoms. The van der Waals surface area contributed by atoms with Crippen molar-refractivity contribution >= 4 is 44.3 Å². The van der Waals surface area contributed by atoms with E-state index in [1.54, 1.807) is 6.92 Å². The average molecular weight is 372 g/mol. The summed E-state index contributed by atoms with van der Waals surface area (Å²) in [5.74, 6) is 0.0863. The summed E-state index contributed by atoms with van der Waals surface area (Å²) in [6.45, 7) is 2.03. The SMILES string of the molecule is CCOC(=O)c1nc(Nc2ccc(Br)cc2)c2ccccc2n1. The molecule has 0 spiro atoms. The summed E-state index contributed by atoms with van der Waals surface area (Å²) in [6, 6.07) is 15.2. The van der Waals surface area contributed by atoms with Crippen molar-refractivity contribution in [1.82, 2.24) is 9.97 Å². The van der Waals surface area contributed by atoms with Crippen molar-refractivity contribution in [2.24, 2.45) is 0 Å². The Morgan fingerprint density at radius 1 is 1.13 bits per heavy atom. The summed E-state index contributed by atoms with van der Waals surface area (Å²) in [6.07, 6.45) is 0. The molecule has 3 aromatic rings. The first-order valence-electron chi connectivity index (χ1n) is 7.14. The molecule has 0 atom stereocenters. The van der Waals surface area contributed by atoms with Crippen molar-refractivity contribution in [2.45, 2.75) is 6.92 Å². The Morgan fingerprint density at radius 2 is 1.87 bits per heavy atom. The van der Waals surface area contributed by atoms with Crippen molar-refractivity contribution in [3.8, 4) is 0 Å². The number of hydrogen-bond donors (Lipinski definition) is 1. The van der Waals surface area contributed by atoms with Crippen LogP contribution in [0.2, 0.25) is 0 Å². The van der Waals surface area contributed by atoms with Gasteiger partial charge in [-0.1, -0.05) is 28.1 Å². The molecule has 0 fully saturated rings. The monoisotopic (exact) mass is 371 g/mol. The van der Waals surface area contributed by atoms with Gasteiger partial charge in [-0.25, -0.2) is 14.8 Å². The molecule has 0 aliphatic rings. The Hall–Kier alpha value is -2.47. The number of benzene rings is 2. The molecule has 3 rings (SSSR count). The van der Waals surface area contributed by atoms with E-state index in [1.807, 2.05) is 48.5 Å². The van der Waals surface area contributed by atoms with Crippen molar-refractivity contribution in [3.05, 3.63) is 58.8 Å². The quantitative estimate of drug-likeness (QED) is 0.692. The van der Waals surface area contributed by atoms with E-state index in [4.69, 9.17) is 4.74 Å². The number of esters is 1. The Bertz CT molecular complexity index is 850. The van der Waals surface area contributed by atoms with Gasteiger partial charge in [0.2, 0.25) is 5.82 Å². The number of aromatic nitrogens is 2. The Kier molecular flexibility index (Phi) is 4.52. The Balaban J connectivity index is 2.06. The predicted molar refractivity (Wildman–Crippen MR) is 92.9 cm³/mol. The molecule has 0 bridgehead atoms. The fraction of sp³-hybridized carbons (Fsp3) is 0.118. The molecule has 0 radical (unpaired) electrons. The molecule has 1 heterocycles. The summed E-state index contributed by atoms with van der Waals surface area (Å²) >= 11 is 3.40. The van der Waals surface area contributed by atoms with Crippen molar-refractivity contribution < 1.29 is 9.53 Å². The lowest BCUT2D eigenvalue weighted by molar-refractivity contribution is 0.0512. The maximum absolute atomic E-state index is 12.0. The fourth-order valence-electron chi connectivity index (χ4n) is 2.13. The van der Waals surface area contributed by atoms with Crippen LogP contribution >= 0.6 is 15.9 Å². The number of nitrogens with one attached hydrogen (secondary N) is 1. The van der Waals surface area contributed by atoms with E-state index in [2.05, 4.69) is 31.2 Å². The van der Waals surface area contributed by atoms with Crippen LogP contribution in [0.15, 0.2) is 53.0 Å². The normalized spacial score (nSPS) is 10.5. The molecule has 5 nitrogen and oxygen atoms in total. The van der Waals surface area contributed by atoms with Gasteiger partial charge >= 0.3 is 5.97 Å². The number of halogens is 1. The molecule has 0 saturated heterocycles. The second-order valence-electron chi connectivity index (χ2n) is 4.77. The first-order chi connectivity index (χ1) is 11.2. The number of para-hydroxylation sites is 1. The maximum Gasteiger partial charge on any atom is 0.376 e. The van der Waals surface area contributed by atoms with E-state index in [0.717, 1.165) is 15.5 Å². The summed E-state index contributed by atoms with van der Waals surface area (Å²) in [5.41, 5.74) is 1.55. The minimum atomic E-state index is -0.530. The first kappa shape index (κ1) is 15.4. The highest BCUT2D eigenvalue weighted by Gasteiger charge is 2.15. The van der Waals surface area contributed by atoms with Crippen LogP contribution in [0.3, 0.4) is 0 Å². The number of carbonyl (C=O) groups is 1. The summed E-state index contributed by atoms with van der Waals surface area (Å²) < 4.78 is 5.99. The van der Waals surface area contributed by atoms with Crippen LogP contribution in [0.1, 0.15) is 17.5 Å². The van der Waals surface area contributed by atoms with E-state index in [9.17, 15) is 4.79 Å². The molecule has 2 aromatic carbocycles. The third-order valence-corrected chi connectivity index (χ3v) is 3.70. The Labute approximate surface area is 141 Å². The van der Waals surface area contributed by atoms with Gasteiger partial charge in [-0.2, -0.15) is 0 Å². The number of rotatable bonds is 4. The second-order valence-corrected chi connectivity index (χ2v) is 5.68. The van der Waals surface area contributed by atoms with Gasteiger partial charge in [0.1, 0.15) is 5.82 Å². The topological polar surface area (TPSA) is 64.1 Å². The van der Waals surface area contributed by atoms with Gasteiger partial charge in [-0.05, 0) is 43.3 Å². The van der Waals surface area contributed by atoms with Gasteiger partial charge in [0.05, 0.1) is 12.1 Å². The predicted octanol–water partition coefficient (Wildman–Crippen LogP) is 4.31. The molecular weight excluding hydrogens is 358 g/mol. The van der Waals surface area contributed by atoms with Gasteiger partial charge in [0.25, 0.3) is 0 Å². The molecule has 0 saturated carbocycles. The minimum Gasteiger partial charge on any atom is -0.460 e. The highest BCUT2D eigenvalue weighted by molar-refractivity contribution is 9.10. The molecule has 0 aliphatic carbocycles. The molecule has 1 aromatic heterocycles. The minimum absolute atomic E-state index is 0.0464. The van der Waals surface area contributed by atoms with Crippen molar-refractivity contribution in [3.63, 3.8) is 0 Å². The molecule has 6 heteroatoms. The van der Waals surface area contributed by atoms with Gasteiger partial charge in [0, 0.05) is 15.5 Å². The lowest BCUT2D eigenvalue weighted by Gasteiger charge is -2.10. The summed E-state index contributed by atoms with van der Waals surface area (Å²) in [7, 11) is 0. The smallest absolute Gasteiger partial charge is 0.376 e. The lowest BCUT2D eigenvalue weighted by Crippen LogP contribution is -2.11. The van der Waals surface area contributed by atoms with Crippen LogP contribution in [-0.4, -0.2) is 22.5 Å². The van der Waals surface area contributed by atoms with E-state index in [1.165, 1.54) is 0 Å². The number of hydrogen-bond acceptors (Lipinski definition) is 5. The number of anilines is 2. The molecule has 1 N–H and O–H groups in total. The molecule has 0 aliphatic heterocycles. The molecule has 0 unspecified atom stereocenters. The van der Waals surface area contributed by atoms with Crippen molar-refractivity contribution in [2.75, 3.05) is 11.9 Å². The van der Waals surface area contributed by atoms with Crippen LogP contribution in [0, 0.1) is 0 Å². The number of carbonyl (C=O) groups excluding carboxylic acids is 1. The first-order valence-corrected chi connectivity index (χ1v) is 7.93. The zero-order valence-corrected chi connectivity index (χ0v) is 14.0. The Morgan fingerprint density at radius 3 is 2.61 bits per heavy atom. The van der Waals surface area contributed by atoms with E-state index in [0.29, 0.717) is 11.3 Å². The van der Waals surface area contributed by atoms with Crippen LogP contribution in [0.4, 0.5) is 11.5 Å². The van der Waals surface area contributed by atoms with E-state index < -0.39 is 5.97 Å². The standard InChI is InChI=1S/C17H14BrN3O2/c1-2-23-17(22)16-20-14-6-4-3-5-13(14)15(21-16)19-12-9-7-11(18)8-10-12/h3-10H,2H2,1H3,(H,19,20,21). The summed E-state index contributed by atoms with van der Waals surface area (Å²) in [4.78, 5) is 20.6. The molecule has 0 amide bonds. The second kappa shape index (κ2) is 6.75. The maximum atomic E-state index is 12.0. The number of fused-ring (bicyclic) bond motifs is 1. The fourth-order valence-corrected chi connectivity index (χ4v) is 2.39. The third-order valence-electron chi connectivity index (χ3n) is 3.17. The highest BCUT2D eigenvalue weighted by atomic mass is 79.9. The van der Waals surface area contributed by atoms with Gasteiger partial charge in [-0.3, -0.25) is 0 Å². The van der Waals surface area contributed by atoms with Crippen LogP contribution in [0.25, 0.3) is 10.9 Å². The van der Waals surface area contributed by atoms with Crippen molar-refractivity contribution in [1.29, 1.82) is 0 Å². The summed E-state index contributed by atoms with van der Waals surface area (Å²) in [5, 5.41) is 4.07. The van der Waals surface area contributed by atoms with Gasteiger partial charge < -0.3 is 10.1 Å². The van der Waals surface area contributed by atoms with E-state index in [-0.39, 0.29) is 12.4 Å². The van der Waals surface area contributed by atoms with Crippen LogP contribution in [-0.2, 0) is 4.74 Å². The van der Waals surface area contributed by atoms with Gasteiger partial charge in [-0.15, -0.1) is 0 Å². The molecule has 116 valence electrons. The van der Waals surface area contributed by atoms with Crippen LogP contribution < -0.4 is 5.32 Å². The molecular formula is C17H14BrN3O2. The number of ether oxygens (including phenoxy) is 1. The zero-order chi connectivity index (χ0) is 16.2. The van der Waals surface area contributed by atoms with E-state index >= 15 is 0 Å². The zero-order valence-electron chi connectivity index (χ0n) is 12.4. The number of nitrogens with zero attached hydrogens (tertiary/aromatic N) is 2. The average Bonchev–Trinajstić information content (AvgIpc) is 2.57. The largest absolute Gasteiger partial charge is 0.460 e.